The summed E-state index contributed by atoms with van der Waals surface area (Å²) in [5.74, 6) is 0.322. The van der Waals surface area contributed by atoms with Gasteiger partial charge in [-0.1, -0.05) is 54.6 Å². The molecule has 6 rings (SSSR count). The minimum Gasteiger partial charge on any atom is -0.382 e. The zero-order valence-corrected chi connectivity index (χ0v) is 19.0. The van der Waals surface area contributed by atoms with E-state index >= 15 is 0 Å². The van der Waals surface area contributed by atoms with Crippen molar-refractivity contribution in [3.05, 3.63) is 106 Å². The maximum atomic E-state index is 11.3. The quantitative estimate of drug-likeness (QED) is 0.300. The molecule has 172 valence electrons. The van der Waals surface area contributed by atoms with Crippen LogP contribution >= 0.6 is 0 Å². The molecule has 0 aliphatic carbocycles. The highest BCUT2D eigenvalue weighted by molar-refractivity contribution is 5.85. The summed E-state index contributed by atoms with van der Waals surface area (Å²) in [5.41, 5.74) is 6.27. The number of benzene rings is 3. The van der Waals surface area contributed by atoms with Gasteiger partial charge in [0.1, 0.15) is 0 Å². The lowest BCUT2D eigenvalue weighted by Crippen LogP contribution is -2.51. The number of piperidine rings is 1. The van der Waals surface area contributed by atoms with Crippen molar-refractivity contribution < 1.29 is 4.92 Å². The third-order valence-electron chi connectivity index (χ3n) is 7.56. The molecule has 1 fully saturated rings. The second-order valence-electron chi connectivity index (χ2n) is 9.49. The van der Waals surface area contributed by atoms with Crippen LogP contribution in [0.4, 0.5) is 11.4 Å². The van der Waals surface area contributed by atoms with E-state index in [9.17, 15) is 10.1 Å². The Morgan fingerprint density at radius 1 is 1.00 bits per heavy atom. The smallest absolute Gasteiger partial charge is 0.271 e. The third-order valence-corrected chi connectivity index (χ3v) is 7.56. The molecule has 34 heavy (non-hydrogen) atoms. The van der Waals surface area contributed by atoms with E-state index in [1.54, 1.807) is 18.2 Å². The van der Waals surface area contributed by atoms with Crippen LogP contribution in [0.25, 0.3) is 10.9 Å². The molecule has 0 spiro atoms. The first kappa shape index (κ1) is 20.9. The fourth-order valence-electron chi connectivity index (χ4n) is 6.04. The molecule has 1 saturated heterocycles. The van der Waals surface area contributed by atoms with Crippen molar-refractivity contribution >= 4 is 22.3 Å². The van der Waals surface area contributed by atoms with Crippen LogP contribution in [0.5, 0.6) is 0 Å². The topological polar surface area (TPSA) is 74.2 Å². The van der Waals surface area contributed by atoms with E-state index in [0.29, 0.717) is 5.92 Å². The number of H-pyrrole nitrogens is 1. The molecule has 0 saturated carbocycles. The van der Waals surface area contributed by atoms with Crippen LogP contribution in [0, 0.1) is 16.0 Å². The summed E-state index contributed by atoms with van der Waals surface area (Å²) in [4.78, 5) is 17.4. The number of hydrogen-bond donors (Lipinski definition) is 2. The molecule has 3 atom stereocenters. The van der Waals surface area contributed by atoms with Gasteiger partial charge in [-0.15, -0.1) is 0 Å². The van der Waals surface area contributed by atoms with Crippen LogP contribution in [-0.2, 0) is 12.8 Å². The predicted octanol–water partition coefficient (Wildman–Crippen LogP) is 5.72. The second kappa shape index (κ2) is 8.61. The van der Waals surface area contributed by atoms with Crippen molar-refractivity contribution in [2.24, 2.45) is 5.92 Å². The van der Waals surface area contributed by atoms with E-state index in [4.69, 9.17) is 0 Å². The minimum atomic E-state index is -0.326. The van der Waals surface area contributed by atoms with Gasteiger partial charge in [0.2, 0.25) is 0 Å². The maximum absolute atomic E-state index is 11.3. The molecule has 6 nitrogen and oxygen atoms in total. The Hall–Kier alpha value is -3.64. The normalized spacial score (nSPS) is 22.2. The first-order chi connectivity index (χ1) is 16.7. The van der Waals surface area contributed by atoms with E-state index in [2.05, 4.69) is 69.8 Å². The number of hydrogen-bond acceptors (Lipinski definition) is 4. The van der Waals surface area contributed by atoms with E-state index < -0.39 is 0 Å². The van der Waals surface area contributed by atoms with E-state index in [0.717, 1.165) is 38.0 Å². The van der Waals surface area contributed by atoms with Crippen LogP contribution in [0.1, 0.15) is 29.3 Å². The number of non-ortho nitro benzene ring substituents is 1. The van der Waals surface area contributed by atoms with E-state index in [1.165, 1.54) is 27.7 Å². The summed E-state index contributed by atoms with van der Waals surface area (Å²) in [5, 5.41) is 16.4. The fourth-order valence-corrected chi connectivity index (χ4v) is 6.04. The molecule has 2 aliphatic heterocycles. The van der Waals surface area contributed by atoms with E-state index in [-0.39, 0.29) is 22.7 Å². The number of para-hydroxylation sites is 1. The standard InChI is InChI=1S/C28H28N4O2/c33-32(34)21-10-6-9-20(18-21)29-26-14-16-31-15-13-23-22-11-4-5-12-25(22)30-27(23)28(31)24(26)17-19-7-2-1-3-8-19/h1-12,18,24,26,28-30H,13-17H2. The number of fused-ring (bicyclic) bond motifs is 5. The van der Waals surface area contributed by atoms with Gasteiger partial charge < -0.3 is 10.3 Å². The number of nitro benzene ring substituents is 1. The summed E-state index contributed by atoms with van der Waals surface area (Å²) < 4.78 is 0. The average molecular weight is 453 g/mol. The second-order valence-corrected chi connectivity index (χ2v) is 9.49. The summed E-state index contributed by atoms with van der Waals surface area (Å²) in [6.45, 7) is 2.08. The maximum Gasteiger partial charge on any atom is 0.271 e. The Bertz CT molecular complexity index is 1330. The number of rotatable bonds is 5. The molecule has 3 aromatic carbocycles. The van der Waals surface area contributed by atoms with Gasteiger partial charge in [0.05, 0.1) is 11.0 Å². The van der Waals surface area contributed by atoms with Crippen LogP contribution in [-0.4, -0.2) is 33.9 Å². The predicted molar refractivity (Wildman–Crippen MR) is 135 cm³/mol. The summed E-state index contributed by atoms with van der Waals surface area (Å²) in [6.07, 6.45) is 3.02. The summed E-state index contributed by atoms with van der Waals surface area (Å²) in [7, 11) is 0. The van der Waals surface area contributed by atoms with Crippen molar-refractivity contribution in [1.29, 1.82) is 0 Å². The molecule has 2 N–H and O–H groups in total. The lowest BCUT2D eigenvalue weighted by atomic mass is 9.76. The molecule has 0 bridgehead atoms. The lowest BCUT2D eigenvalue weighted by Gasteiger charge is -2.48. The highest BCUT2D eigenvalue weighted by Crippen LogP contribution is 2.44. The number of aromatic nitrogens is 1. The van der Waals surface area contributed by atoms with Gasteiger partial charge >= 0.3 is 0 Å². The summed E-state index contributed by atoms with van der Waals surface area (Å²) in [6, 6.07) is 26.7. The Morgan fingerprint density at radius 3 is 2.68 bits per heavy atom. The lowest BCUT2D eigenvalue weighted by molar-refractivity contribution is -0.384. The van der Waals surface area contributed by atoms with Crippen molar-refractivity contribution in [1.82, 2.24) is 9.88 Å². The van der Waals surface area contributed by atoms with Crippen LogP contribution in [0.2, 0.25) is 0 Å². The van der Waals surface area contributed by atoms with Gasteiger partial charge in [0.25, 0.3) is 5.69 Å². The van der Waals surface area contributed by atoms with Gasteiger partial charge in [-0.3, -0.25) is 15.0 Å². The fraction of sp³-hybridized carbons (Fsp3) is 0.286. The van der Waals surface area contributed by atoms with Gasteiger partial charge in [-0.2, -0.15) is 0 Å². The molecule has 0 radical (unpaired) electrons. The number of nitrogens with one attached hydrogen (secondary N) is 2. The number of nitro groups is 1. The zero-order chi connectivity index (χ0) is 23.1. The molecule has 3 unspecified atom stereocenters. The van der Waals surface area contributed by atoms with Crippen molar-refractivity contribution in [3.8, 4) is 0 Å². The average Bonchev–Trinajstić information content (AvgIpc) is 3.25. The zero-order valence-electron chi connectivity index (χ0n) is 19.0. The minimum absolute atomic E-state index is 0.123. The van der Waals surface area contributed by atoms with Gasteiger partial charge in [-0.25, -0.2) is 0 Å². The first-order valence-corrected chi connectivity index (χ1v) is 12.1. The highest BCUT2D eigenvalue weighted by Gasteiger charge is 2.43. The monoisotopic (exact) mass is 452 g/mol. The van der Waals surface area contributed by atoms with Crippen LogP contribution in [0.15, 0.2) is 78.9 Å². The van der Waals surface area contributed by atoms with Gasteiger partial charge in [-0.05, 0) is 42.5 Å². The first-order valence-electron chi connectivity index (χ1n) is 12.1. The number of aromatic amines is 1. The largest absolute Gasteiger partial charge is 0.382 e. The van der Waals surface area contributed by atoms with Crippen LogP contribution < -0.4 is 5.32 Å². The Kier molecular flexibility index (Phi) is 5.30. The Balaban J connectivity index is 1.40. The number of nitrogens with zero attached hydrogens (tertiary/aromatic N) is 2. The molecule has 2 aliphatic rings. The molecule has 0 amide bonds. The highest BCUT2D eigenvalue weighted by atomic mass is 16.6. The molecule has 3 heterocycles. The molecule has 1 aromatic heterocycles. The summed E-state index contributed by atoms with van der Waals surface area (Å²) >= 11 is 0. The third kappa shape index (κ3) is 3.74. The van der Waals surface area contributed by atoms with Crippen molar-refractivity contribution in [3.63, 3.8) is 0 Å². The SMILES string of the molecule is O=[N+]([O-])c1cccc(NC2CCN3CCc4c([nH]c5ccccc45)C3C2Cc2ccccc2)c1. The molecule has 6 heteroatoms. The van der Waals surface area contributed by atoms with Gasteiger partial charge in [0, 0.05) is 59.5 Å². The van der Waals surface area contributed by atoms with Crippen molar-refractivity contribution in [2.45, 2.75) is 31.3 Å². The number of anilines is 1. The van der Waals surface area contributed by atoms with E-state index in [1.807, 2.05) is 6.07 Å². The Morgan fingerprint density at radius 2 is 1.82 bits per heavy atom. The molecular formula is C28H28N4O2. The Labute approximate surface area is 198 Å². The van der Waals surface area contributed by atoms with Crippen molar-refractivity contribution in [2.75, 3.05) is 18.4 Å². The van der Waals surface area contributed by atoms with Crippen LogP contribution in [0.3, 0.4) is 0 Å². The molecular weight excluding hydrogens is 424 g/mol. The molecule has 4 aromatic rings. The van der Waals surface area contributed by atoms with Gasteiger partial charge in [0.15, 0.2) is 0 Å².